The minimum Gasteiger partial charge on any atom is -0.340 e. The van der Waals surface area contributed by atoms with E-state index in [1.807, 2.05) is 49.4 Å². The number of anilines is 3. The number of carbonyl (C=O) groups is 1. The number of rotatable bonds is 4. The monoisotopic (exact) mass is 439 g/mol. The van der Waals surface area contributed by atoms with Gasteiger partial charge in [0.05, 0.1) is 16.3 Å². The van der Waals surface area contributed by atoms with Gasteiger partial charge in [-0.05, 0) is 48.2 Å². The quantitative estimate of drug-likeness (QED) is 0.360. The highest BCUT2D eigenvalue weighted by atomic mass is 35.5. The molecule has 0 spiro atoms. The number of nitrogens with one attached hydrogen (secondary N) is 2. The van der Waals surface area contributed by atoms with E-state index in [0.717, 1.165) is 22.7 Å². The molecule has 0 fully saturated rings. The first-order chi connectivity index (χ1) is 14.4. The highest BCUT2D eigenvalue weighted by Gasteiger charge is 2.15. The second-order valence-electron chi connectivity index (χ2n) is 6.73. The van der Waals surface area contributed by atoms with Gasteiger partial charge >= 0.3 is 0 Å². The van der Waals surface area contributed by atoms with Crippen molar-refractivity contribution < 1.29 is 9.18 Å². The molecule has 0 unspecified atom stereocenters. The van der Waals surface area contributed by atoms with E-state index in [-0.39, 0.29) is 5.02 Å². The van der Waals surface area contributed by atoms with Gasteiger partial charge < -0.3 is 10.6 Å². The molecule has 4 aromatic rings. The van der Waals surface area contributed by atoms with E-state index in [4.69, 9.17) is 23.2 Å². The Morgan fingerprint density at radius 3 is 2.47 bits per heavy atom. The second kappa shape index (κ2) is 8.30. The van der Waals surface area contributed by atoms with Gasteiger partial charge in [0.2, 0.25) is 0 Å². The van der Waals surface area contributed by atoms with Crippen LogP contribution in [0, 0.1) is 12.7 Å². The Balaban J connectivity index is 1.69. The summed E-state index contributed by atoms with van der Waals surface area (Å²) in [6.45, 7) is 1.93. The summed E-state index contributed by atoms with van der Waals surface area (Å²) < 4.78 is 13.3. The highest BCUT2D eigenvalue weighted by Crippen LogP contribution is 2.30. The number of aryl methyl sites for hydroxylation is 1. The molecule has 1 heterocycles. The summed E-state index contributed by atoms with van der Waals surface area (Å²) in [6, 6.07) is 16.9. The van der Waals surface area contributed by atoms with Crippen molar-refractivity contribution in [2.75, 3.05) is 10.6 Å². The molecule has 0 bridgehead atoms. The van der Waals surface area contributed by atoms with Crippen molar-refractivity contribution in [2.24, 2.45) is 0 Å². The number of fused-ring (bicyclic) bond motifs is 1. The number of halogens is 3. The summed E-state index contributed by atoms with van der Waals surface area (Å²) in [7, 11) is 0. The third kappa shape index (κ3) is 4.08. The number of aromatic nitrogens is 1. The van der Waals surface area contributed by atoms with Crippen molar-refractivity contribution in [3.63, 3.8) is 0 Å². The molecular weight excluding hydrogens is 424 g/mol. The summed E-state index contributed by atoms with van der Waals surface area (Å²) in [6.07, 6.45) is 1.49. The predicted octanol–water partition coefficient (Wildman–Crippen LogP) is 6.99. The lowest BCUT2D eigenvalue weighted by Gasteiger charge is -2.13. The number of carbonyl (C=O) groups excluding carboxylic acids is 1. The first-order valence-corrected chi connectivity index (χ1v) is 9.85. The summed E-state index contributed by atoms with van der Waals surface area (Å²) in [5, 5.41) is 8.22. The van der Waals surface area contributed by atoms with Crippen LogP contribution in [-0.2, 0) is 0 Å². The minimum absolute atomic E-state index is 0.121. The highest BCUT2D eigenvalue weighted by molar-refractivity contribution is 6.34. The van der Waals surface area contributed by atoms with Crippen molar-refractivity contribution in [1.82, 2.24) is 4.98 Å². The topological polar surface area (TPSA) is 54.0 Å². The lowest BCUT2D eigenvalue weighted by Crippen LogP contribution is -2.13. The Kier molecular flexibility index (Phi) is 5.57. The van der Waals surface area contributed by atoms with Crippen molar-refractivity contribution in [2.45, 2.75) is 6.92 Å². The van der Waals surface area contributed by atoms with Crippen molar-refractivity contribution in [1.29, 1.82) is 0 Å². The number of benzene rings is 3. The average molecular weight is 440 g/mol. The Morgan fingerprint density at radius 1 is 0.967 bits per heavy atom. The van der Waals surface area contributed by atoms with Crippen LogP contribution in [0.15, 0.2) is 66.9 Å². The fourth-order valence-corrected chi connectivity index (χ4v) is 3.46. The first-order valence-electron chi connectivity index (χ1n) is 9.09. The standard InChI is InChI=1S/C23H16Cl2FN3O/c1-13-6-8-15(11-19(13)24)28-22-17-5-3-2-4-16(17)18(12-27-22)23(30)29-21-9-7-14(26)10-20(21)25/h2-12H,1H3,(H,27,28)(H,29,30). The largest absolute Gasteiger partial charge is 0.340 e. The normalized spacial score (nSPS) is 10.8. The number of amides is 1. The number of pyridine rings is 1. The fourth-order valence-electron chi connectivity index (χ4n) is 3.06. The van der Waals surface area contributed by atoms with E-state index in [0.29, 0.717) is 27.5 Å². The van der Waals surface area contributed by atoms with Crippen LogP contribution in [0.1, 0.15) is 15.9 Å². The molecule has 4 rings (SSSR count). The maximum atomic E-state index is 13.3. The number of hydrogen-bond acceptors (Lipinski definition) is 3. The molecule has 150 valence electrons. The lowest BCUT2D eigenvalue weighted by atomic mass is 10.1. The Hall–Kier alpha value is -3.15. The molecule has 0 aliphatic carbocycles. The van der Waals surface area contributed by atoms with Crippen LogP contribution >= 0.6 is 23.2 Å². The van der Waals surface area contributed by atoms with E-state index < -0.39 is 11.7 Å². The van der Waals surface area contributed by atoms with Gasteiger partial charge in [-0.15, -0.1) is 0 Å². The Morgan fingerprint density at radius 2 is 1.73 bits per heavy atom. The van der Waals surface area contributed by atoms with E-state index in [1.54, 1.807) is 0 Å². The molecule has 30 heavy (non-hydrogen) atoms. The Labute approximate surface area is 182 Å². The zero-order valence-electron chi connectivity index (χ0n) is 15.8. The van der Waals surface area contributed by atoms with Gasteiger partial charge in [0.15, 0.2) is 0 Å². The van der Waals surface area contributed by atoms with Crippen LogP contribution in [0.3, 0.4) is 0 Å². The smallest absolute Gasteiger partial charge is 0.257 e. The zero-order chi connectivity index (χ0) is 21.3. The van der Waals surface area contributed by atoms with E-state index in [1.165, 1.54) is 18.3 Å². The van der Waals surface area contributed by atoms with Crippen LogP contribution in [0.2, 0.25) is 10.0 Å². The molecule has 0 aliphatic rings. The fraction of sp³-hybridized carbons (Fsp3) is 0.0435. The molecule has 2 N–H and O–H groups in total. The van der Waals surface area contributed by atoms with Crippen LogP contribution in [0.4, 0.5) is 21.6 Å². The van der Waals surface area contributed by atoms with Crippen LogP contribution in [-0.4, -0.2) is 10.9 Å². The maximum Gasteiger partial charge on any atom is 0.257 e. The van der Waals surface area contributed by atoms with Crippen molar-refractivity contribution >= 4 is 57.1 Å². The minimum atomic E-state index is -0.475. The molecule has 1 aromatic heterocycles. The summed E-state index contributed by atoms with van der Waals surface area (Å²) in [5.41, 5.74) is 2.46. The molecule has 0 saturated carbocycles. The molecule has 7 heteroatoms. The van der Waals surface area contributed by atoms with Crippen LogP contribution in [0.5, 0.6) is 0 Å². The van der Waals surface area contributed by atoms with Gasteiger partial charge in [0, 0.05) is 22.3 Å². The molecular formula is C23H16Cl2FN3O. The maximum absolute atomic E-state index is 13.3. The third-order valence-electron chi connectivity index (χ3n) is 4.65. The lowest BCUT2D eigenvalue weighted by molar-refractivity contribution is 0.102. The van der Waals surface area contributed by atoms with Crippen LogP contribution in [0.25, 0.3) is 10.8 Å². The molecule has 0 saturated heterocycles. The predicted molar refractivity (Wildman–Crippen MR) is 121 cm³/mol. The van der Waals surface area contributed by atoms with Gasteiger partial charge in [-0.25, -0.2) is 9.37 Å². The van der Waals surface area contributed by atoms with E-state index in [9.17, 15) is 9.18 Å². The van der Waals surface area contributed by atoms with Gasteiger partial charge in [-0.2, -0.15) is 0 Å². The van der Waals surface area contributed by atoms with Crippen molar-refractivity contribution in [3.05, 3.63) is 93.8 Å². The molecule has 0 aliphatic heterocycles. The summed E-state index contributed by atoms with van der Waals surface area (Å²) in [4.78, 5) is 17.3. The molecule has 3 aromatic carbocycles. The number of nitrogens with zero attached hydrogens (tertiary/aromatic N) is 1. The molecule has 0 radical (unpaired) electrons. The SMILES string of the molecule is Cc1ccc(Nc2ncc(C(=O)Nc3ccc(F)cc3Cl)c3ccccc23)cc1Cl. The van der Waals surface area contributed by atoms with Gasteiger partial charge in [0.25, 0.3) is 5.91 Å². The second-order valence-corrected chi connectivity index (χ2v) is 7.55. The first kappa shape index (κ1) is 20.1. The van der Waals surface area contributed by atoms with E-state index >= 15 is 0 Å². The molecule has 4 nitrogen and oxygen atoms in total. The Bertz CT molecular complexity index is 1280. The van der Waals surface area contributed by atoms with Gasteiger partial charge in [0.1, 0.15) is 11.6 Å². The summed E-state index contributed by atoms with van der Waals surface area (Å²) >= 11 is 12.2. The zero-order valence-corrected chi connectivity index (χ0v) is 17.4. The van der Waals surface area contributed by atoms with Gasteiger partial charge in [-0.1, -0.05) is 53.5 Å². The van der Waals surface area contributed by atoms with Crippen molar-refractivity contribution in [3.8, 4) is 0 Å². The molecule has 0 atom stereocenters. The third-order valence-corrected chi connectivity index (χ3v) is 5.37. The molecule has 1 amide bonds. The number of hydrogen-bond donors (Lipinski definition) is 2. The summed E-state index contributed by atoms with van der Waals surface area (Å²) in [5.74, 6) is -0.268. The average Bonchev–Trinajstić information content (AvgIpc) is 2.73. The van der Waals surface area contributed by atoms with Gasteiger partial charge in [-0.3, -0.25) is 4.79 Å². The van der Waals surface area contributed by atoms with E-state index in [2.05, 4.69) is 15.6 Å². The van der Waals surface area contributed by atoms with Crippen LogP contribution < -0.4 is 10.6 Å².